The summed E-state index contributed by atoms with van der Waals surface area (Å²) in [6.07, 6.45) is 6.11. The largest absolute Gasteiger partial charge is 0.396 e. The van der Waals surface area contributed by atoms with Crippen molar-refractivity contribution in [1.29, 1.82) is 0 Å². The van der Waals surface area contributed by atoms with Gasteiger partial charge in [-0.25, -0.2) is 4.79 Å². The van der Waals surface area contributed by atoms with Crippen molar-refractivity contribution in [2.24, 2.45) is 5.41 Å². The third-order valence-corrected chi connectivity index (χ3v) is 3.73. The Labute approximate surface area is 117 Å². The topological polar surface area (TPSA) is 52.6 Å². The van der Waals surface area contributed by atoms with Gasteiger partial charge in [-0.05, 0) is 43.9 Å². The number of aliphatic hydroxyl groups is 1. The third kappa shape index (κ3) is 6.28. The molecule has 1 aliphatic heterocycles. The van der Waals surface area contributed by atoms with Gasteiger partial charge in [-0.15, -0.1) is 0 Å². The molecule has 0 aromatic rings. The van der Waals surface area contributed by atoms with Crippen molar-refractivity contribution in [3.05, 3.63) is 0 Å². The first-order valence-electron chi connectivity index (χ1n) is 7.59. The van der Waals surface area contributed by atoms with E-state index in [1.807, 2.05) is 4.90 Å². The number of rotatable bonds is 5. The first kappa shape index (κ1) is 16.3. The van der Waals surface area contributed by atoms with E-state index in [1.165, 1.54) is 6.42 Å². The average Bonchev–Trinajstić information content (AvgIpc) is 2.34. The zero-order valence-corrected chi connectivity index (χ0v) is 12.7. The van der Waals surface area contributed by atoms with Crippen LogP contribution >= 0.6 is 0 Å². The first-order chi connectivity index (χ1) is 8.94. The number of amides is 2. The summed E-state index contributed by atoms with van der Waals surface area (Å²) in [6.45, 7) is 8.40. The molecule has 1 saturated heterocycles. The molecule has 0 bridgehead atoms. The van der Waals surface area contributed by atoms with E-state index in [2.05, 4.69) is 26.1 Å². The molecule has 0 spiro atoms. The maximum absolute atomic E-state index is 12.1. The van der Waals surface area contributed by atoms with Gasteiger partial charge in [0.25, 0.3) is 0 Å². The lowest BCUT2D eigenvalue weighted by atomic mass is 9.91. The number of hydrogen-bond acceptors (Lipinski definition) is 2. The number of hydrogen-bond donors (Lipinski definition) is 2. The lowest BCUT2D eigenvalue weighted by Gasteiger charge is -2.35. The van der Waals surface area contributed by atoms with E-state index < -0.39 is 0 Å². The molecule has 0 radical (unpaired) electrons. The van der Waals surface area contributed by atoms with Gasteiger partial charge >= 0.3 is 6.03 Å². The highest BCUT2D eigenvalue weighted by molar-refractivity contribution is 5.74. The van der Waals surface area contributed by atoms with Crippen LogP contribution in [0, 0.1) is 5.41 Å². The smallest absolute Gasteiger partial charge is 0.317 e. The average molecular weight is 270 g/mol. The van der Waals surface area contributed by atoms with Crippen LogP contribution in [-0.4, -0.2) is 41.8 Å². The van der Waals surface area contributed by atoms with Gasteiger partial charge in [0.1, 0.15) is 0 Å². The second-order valence-electron chi connectivity index (χ2n) is 6.75. The number of nitrogens with one attached hydrogen (secondary N) is 1. The zero-order chi connectivity index (χ0) is 14.3. The molecule has 112 valence electrons. The van der Waals surface area contributed by atoms with Gasteiger partial charge in [0.15, 0.2) is 0 Å². The van der Waals surface area contributed by atoms with Crippen LogP contribution in [0.15, 0.2) is 0 Å². The Morgan fingerprint density at radius 3 is 2.74 bits per heavy atom. The predicted octanol–water partition coefficient (Wildman–Crippen LogP) is 2.76. The molecule has 1 fully saturated rings. The Bertz CT molecular complexity index is 272. The maximum atomic E-state index is 12.1. The molecule has 1 aliphatic rings. The van der Waals surface area contributed by atoms with E-state index in [1.54, 1.807) is 0 Å². The number of aliphatic hydroxyl groups excluding tert-OH is 1. The molecular weight excluding hydrogens is 240 g/mol. The van der Waals surface area contributed by atoms with Crippen LogP contribution in [0.4, 0.5) is 4.79 Å². The van der Waals surface area contributed by atoms with Gasteiger partial charge in [-0.3, -0.25) is 0 Å². The van der Waals surface area contributed by atoms with Crippen LogP contribution in [0.2, 0.25) is 0 Å². The first-order valence-corrected chi connectivity index (χ1v) is 7.59. The molecule has 1 rings (SSSR count). The molecule has 0 saturated carbocycles. The fourth-order valence-corrected chi connectivity index (χ4v) is 2.63. The van der Waals surface area contributed by atoms with E-state index >= 15 is 0 Å². The summed E-state index contributed by atoms with van der Waals surface area (Å²) >= 11 is 0. The van der Waals surface area contributed by atoms with Crippen LogP contribution in [0.3, 0.4) is 0 Å². The lowest BCUT2D eigenvalue weighted by molar-refractivity contribution is 0.131. The Hall–Kier alpha value is -0.770. The van der Waals surface area contributed by atoms with Gasteiger partial charge < -0.3 is 15.3 Å². The molecule has 19 heavy (non-hydrogen) atoms. The van der Waals surface area contributed by atoms with Gasteiger partial charge in [-0.2, -0.15) is 0 Å². The van der Waals surface area contributed by atoms with E-state index in [4.69, 9.17) is 5.11 Å². The number of carbonyl (C=O) groups is 1. The summed E-state index contributed by atoms with van der Waals surface area (Å²) in [5, 5.41) is 12.1. The van der Waals surface area contributed by atoms with E-state index in [-0.39, 0.29) is 18.7 Å². The summed E-state index contributed by atoms with van der Waals surface area (Å²) in [6, 6.07) is 0.272. The van der Waals surface area contributed by atoms with Crippen molar-refractivity contribution in [3.8, 4) is 0 Å². The third-order valence-electron chi connectivity index (χ3n) is 3.73. The highest BCUT2D eigenvalue weighted by Gasteiger charge is 2.25. The SMILES string of the molecule is CC(C)(C)CCCNC(=O)N1CCCCC1CCO. The number of urea groups is 1. The van der Waals surface area contributed by atoms with Crippen molar-refractivity contribution in [2.45, 2.75) is 65.3 Å². The second-order valence-corrected chi connectivity index (χ2v) is 6.75. The monoisotopic (exact) mass is 270 g/mol. The van der Waals surface area contributed by atoms with E-state index in [0.717, 1.165) is 38.8 Å². The molecule has 1 unspecified atom stereocenters. The highest BCUT2D eigenvalue weighted by atomic mass is 16.3. The zero-order valence-electron chi connectivity index (χ0n) is 12.7. The molecule has 4 heteroatoms. The Kier molecular flexibility index (Phi) is 6.63. The Balaban J connectivity index is 2.30. The quantitative estimate of drug-likeness (QED) is 0.755. The highest BCUT2D eigenvalue weighted by Crippen LogP contribution is 2.21. The fraction of sp³-hybridized carbons (Fsp3) is 0.933. The molecule has 0 aliphatic carbocycles. The van der Waals surface area contributed by atoms with Crippen LogP contribution in [-0.2, 0) is 0 Å². The van der Waals surface area contributed by atoms with Crippen LogP contribution in [0.25, 0.3) is 0 Å². The van der Waals surface area contributed by atoms with Crippen molar-refractivity contribution in [2.75, 3.05) is 19.7 Å². The van der Waals surface area contributed by atoms with Gasteiger partial charge in [-0.1, -0.05) is 20.8 Å². The minimum absolute atomic E-state index is 0.0482. The minimum atomic E-state index is 0.0482. The maximum Gasteiger partial charge on any atom is 0.317 e. The molecule has 1 atom stereocenters. The fourth-order valence-electron chi connectivity index (χ4n) is 2.63. The normalized spacial score (nSPS) is 20.4. The Morgan fingerprint density at radius 2 is 2.11 bits per heavy atom. The summed E-state index contributed by atoms with van der Waals surface area (Å²) in [4.78, 5) is 14.1. The van der Waals surface area contributed by atoms with Gasteiger partial charge in [0.05, 0.1) is 0 Å². The molecule has 0 aromatic heterocycles. The number of nitrogens with zero attached hydrogens (tertiary/aromatic N) is 1. The summed E-state index contributed by atoms with van der Waals surface area (Å²) < 4.78 is 0. The molecule has 2 N–H and O–H groups in total. The van der Waals surface area contributed by atoms with Crippen molar-refractivity contribution < 1.29 is 9.90 Å². The van der Waals surface area contributed by atoms with Crippen molar-refractivity contribution in [1.82, 2.24) is 10.2 Å². The van der Waals surface area contributed by atoms with Crippen LogP contribution in [0.5, 0.6) is 0 Å². The van der Waals surface area contributed by atoms with Gasteiger partial charge in [0, 0.05) is 25.7 Å². The lowest BCUT2D eigenvalue weighted by Crippen LogP contribution is -2.49. The second kappa shape index (κ2) is 7.73. The summed E-state index contributed by atoms with van der Waals surface area (Å²) in [5.74, 6) is 0. The molecule has 4 nitrogen and oxygen atoms in total. The number of likely N-dealkylation sites (tertiary alicyclic amines) is 1. The van der Waals surface area contributed by atoms with E-state index in [9.17, 15) is 4.79 Å². The minimum Gasteiger partial charge on any atom is -0.396 e. The Morgan fingerprint density at radius 1 is 1.37 bits per heavy atom. The summed E-state index contributed by atoms with van der Waals surface area (Å²) in [5.41, 5.74) is 0.329. The van der Waals surface area contributed by atoms with Crippen LogP contribution < -0.4 is 5.32 Å². The van der Waals surface area contributed by atoms with Gasteiger partial charge in [0.2, 0.25) is 0 Å². The van der Waals surface area contributed by atoms with E-state index in [0.29, 0.717) is 11.8 Å². The standard InChI is InChI=1S/C15H30N2O2/c1-15(2,3)9-6-10-16-14(19)17-11-5-4-7-13(17)8-12-18/h13,18H,4-12H2,1-3H3,(H,16,19). The summed E-state index contributed by atoms with van der Waals surface area (Å²) in [7, 11) is 0. The molecular formula is C15H30N2O2. The predicted molar refractivity (Wildman–Crippen MR) is 78.1 cm³/mol. The molecule has 2 amide bonds. The van der Waals surface area contributed by atoms with Crippen LogP contribution in [0.1, 0.15) is 59.3 Å². The number of piperidine rings is 1. The van der Waals surface area contributed by atoms with Crippen molar-refractivity contribution >= 4 is 6.03 Å². The number of carbonyl (C=O) groups excluding carboxylic acids is 1. The molecule has 0 aromatic carbocycles. The van der Waals surface area contributed by atoms with Crippen molar-refractivity contribution in [3.63, 3.8) is 0 Å². The molecule has 1 heterocycles.